The van der Waals surface area contributed by atoms with Crippen LogP contribution in [-0.4, -0.2) is 14.3 Å². The summed E-state index contributed by atoms with van der Waals surface area (Å²) in [6, 6.07) is 13.9. The maximum Gasteiger partial charge on any atom is 0.291 e. The number of anilines is 2. The van der Waals surface area contributed by atoms with E-state index >= 15 is 0 Å². The van der Waals surface area contributed by atoms with E-state index in [2.05, 4.69) is 10.0 Å². The van der Waals surface area contributed by atoms with E-state index in [9.17, 15) is 17.6 Å². The molecule has 8 heteroatoms. The molecule has 0 aliphatic carbocycles. The second kappa shape index (κ2) is 6.78. The van der Waals surface area contributed by atoms with Crippen molar-refractivity contribution in [3.05, 3.63) is 78.5 Å². The molecule has 1 aromatic heterocycles. The van der Waals surface area contributed by atoms with Crippen molar-refractivity contribution in [2.24, 2.45) is 0 Å². The van der Waals surface area contributed by atoms with Crippen LogP contribution in [0.4, 0.5) is 15.8 Å². The molecule has 0 spiro atoms. The Kier molecular flexibility index (Phi) is 4.53. The molecule has 0 atom stereocenters. The van der Waals surface area contributed by atoms with Gasteiger partial charge in [0.1, 0.15) is 5.82 Å². The SMILES string of the molecule is O=C(Nc1cccc(NS(=O)(=O)c2cccc(F)c2)c1)c1ccco1. The summed E-state index contributed by atoms with van der Waals surface area (Å²) in [6.45, 7) is 0. The highest BCUT2D eigenvalue weighted by molar-refractivity contribution is 7.92. The number of sulfonamides is 1. The van der Waals surface area contributed by atoms with Crippen LogP contribution < -0.4 is 10.0 Å². The summed E-state index contributed by atoms with van der Waals surface area (Å²) < 4.78 is 45.1. The fourth-order valence-electron chi connectivity index (χ4n) is 2.11. The molecular formula is C17H13FN2O4S. The molecule has 0 aliphatic heterocycles. The molecule has 0 radical (unpaired) electrons. The molecule has 3 aromatic rings. The third kappa shape index (κ3) is 4.04. The van der Waals surface area contributed by atoms with Crippen LogP contribution >= 0.6 is 0 Å². The zero-order chi connectivity index (χ0) is 17.9. The van der Waals surface area contributed by atoms with Crippen LogP contribution in [0, 0.1) is 5.82 Å². The van der Waals surface area contributed by atoms with E-state index in [1.54, 1.807) is 18.2 Å². The van der Waals surface area contributed by atoms with E-state index in [-0.39, 0.29) is 16.3 Å². The highest BCUT2D eigenvalue weighted by Crippen LogP contribution is 2.20. The molecule has 0 aliphatic rings. The van der Waals surface area contributed by atoms with Crippen LogP contribution in [0.15, 0.2) is 76.2 Å². The largest absolute Gasteiger partial charge is 0.459 e. The summed E-state index contributed by atoms with van der Waals surface area (Å²) in [4.78, 5) is 11.7. The highest BCUT2D eigenvalue weighted by atomic mass is 32.2. The second-order valence-electron chi connectivity index (χ2n) is 5.08. The van der Waals surface area contributed by atoms with Gasteiger partial charge in [-0.15, -0.1) is 0 Å². The van der Waals surface area contributed by atoms with Gasteiger partial charge in [0.25, 0.3) is 15.9 Å². The first kappa shape index (κ1) is 16.7. The molecule has 25 heavy (non-hydrogen) atoms. The van der Waals surface area contributed by atoms with E-state index < -0.39 is 21.7 Å². The first-order valence-corrected chi connectivity index (χ1v) is 8.66. The van der Waals surface area contributed by atoms with Crippen molar-refractivity contribution >= 4 is 27.3 Å². The van der Waals surface area contributed by atoms with Crippen molar-refractivity contribution in [3.8, 4) is 0 Å². The van der Waals surface area contributed by atoms with E-state index in [1.807, 2.05) is 0 Å². The maximum absolute atomic E-state index is 13.2. The molecule has 6 nitrogen and oxygen atoms in total. The molecule has 1 amide bonds. The fourth-order valence-corrected chi connectivity index (χ4v) is 3.19. The lowest BCUT2D eigenvalue weighted by atomic mass is 10.3. The maximum atomic E-state index is 13.2. The van der Waals surface area contributed by atoms with Crippen molar-refractivity contribution < 1.29 is 22.0 Å². The van der Waals surface area contributed by atoms with Gasteiger partial charge in [-0.2, -0.15) is 0 Å². The number of benzene rings is 2. The molecule has 0 bridgehead atoms. The molecule has 3 rings (SSSR count). The predicted octanol–water partition coefficient (Wildman–Crippen LogP) is 3.47. The second-order valence-corrected chi connectivity index (χ2v) is 6.76. The Morgan fingerprint density at radius 2 is 1.72 bits per heavy atom. The summed E-state index contributed by atoms with van der Waals surface area (Å²) in [7, 11) is -3.95. The van der Waals surface area contributed by atoms with Gasteiger partial charge in [-0.1, -0.05) is 12.1 Å². The smallest absolute Gasteiger partial charge is 0.291 e. The van der Waals surface area contributed by atoms with Gasteiger partial charge in [0, 0.05) is 5.69 Å². The molecule has 0 saturated carbocycles. The number of halogens is 1. The van der Waals surface area contributed by atoms with Gasteiger partial charge < -0.3 is 9.73 Å². The zero-order valence-electron chi connectivity index (χ0n) is 12.8. The fraction of sp³-hybridized carbons (Fsp3) is 0. The minimum absolute atomic E-state index is 0.130. The number of amides is 1. The Morgan fingerprint density at radius 1 is 0.960 bits per heavy atom. The normalized spacial score (nSPS) is 11.1. The average Bonchev–Trinajstić information content (AvgIpc) is 3.09. The van der Waals surface area contributed by atoms with Crippen LogP contribution in [-0.2, 0) is 10.0 Å². The first-order valence-electron chi connectivity index (χ1n) is 7.17. The van der Waals surface area contributed by atoms with E-state index in [1.165, 1.54) is 36.6 Å². The minimum atomic E-state index is -3.95. The van der Waals surface area contributed by atoms with Gasteiger partial charge >= 0.3 is 0 Å². The number of carbonyl (C=O) groups is 1. The van der Waals surface area contributed by atoms with Crippen LogP contribution in [0.2, 0.25) is 0 Å². The number of hydrogen-bond donors (Lipinski definition) is 2. The number of carbonyl (C=O) groups excluding carboxylic acids is 1. The Morgan fingerprint density at radius 3 is 2.44 bits per heavy atom. The summed E-state index contributed by atoms with van der Waals surface area (Å²) in [5.41, 5.74) is 0.599. The Balaban J connectivity index is 1.78. The number of nitrogens with one attached hydrogen (secondary N) is 2. The van der Waals surface area contributed by atoms with Crippen LogP contribution in [0.25, 0.3) is 0 Å². The molecular weight excluding hydrogens is 347 g/mol. The summed E-state index contributed by atoms with van der Waals surface area (Å²) in [6.07, 6.45) is 1.37. The van der Waals surface area contributed by atoms with Gasteiger partial charge in [-0.05, 0) is 48.5 Å². The quantitative estimate of drug-likeness (QED) is 0.729. The zero-order valence-corrected chi connectivity index (χ0v) is 13.6. The summed E-state index contributed by atoms with van der Waals surface area (Å²) in [5, 5.41) is 2.59. The number of rotatable bonds is 5. The standard InChI is InChI=1S/C17H13FN2O4S/c18-12-4-1-7-15(10-12)25(22,23)20-14-6-2-5-13(11-14)19-17(21)16-8-3-9-24-16/h1-11,20H,(H,19,21). The highest BCUT2D eigenvalue weighted by Gasteiger charge is 2.15. The molecule has 0 fully saturated rings. The van der Waals surface area contributed by atoms with Gasteiger partial charge in [-0.25, -0.2) is 12.8 Å². The van der Waals surface area contributed by atoms with Gasteiger partial charge in [0.05, 0.1) is 16.8 Å². The first-order chi connectivity index (χ1) is 11.9. The monoisotopic (exact) mass is 360 g/mol. The van der Waals surface area contributed by atoms with Crippen molar-refractivity contribution in [1.29, 1.82) is 0 Å². The minimum Gasteiger partial charge on any atom is -0.459 e. The Hall–Kier alpha value is -3.13. The third-order valence-corrected chi connectivity index (χ3v) is 4.60. The number of hydrogen-bond acceptors (Lipinski definition) is 4. The topological polar surface area (TPSA) is 88.4 Å². The van der Waals surface area contributed by atoms with E-state index in [0.717, 1.165) is 12.1 Å². The van der Waals surface area contributed by atoms with Crippen molar-refractivity contribution in [2.45, 2.75) is 4.90 Å². The molecule has 0 saturated heterocycles. The lowest BCUT2D eigenvalue weighted by molar-refractivity contribution is 0.0996. The Bertz CT molecular complexity index is 1000. The number of furan rings is 1. The van der Waals surface area contributed by atoms with Gasteiger partial charge in [0.15, 0.2) is 5.76 Å². The molecule has 128 valence electrons. The van der Waals surface area contributed by atoms with E-state index in [0.29, 0.717) is 5.69 Å². The van der Waals surface area contributed by atoms with Gasteiger partial charge in [-0.3, -0.25) is 9.52 Å². The molecule has 2 aromatic carbocycles. The van der Waals surface area contributed by atoms with Crippen LogP contribution in [0.5, 0.6) is 0 Å². The van der Waals surface area contributed by atoms with Gasteiger partial charge in [0.2, 0.25) is 0 Å². The van der Waals surface area contributed by atoms with Crippen molar-refractivity contribution in [1.82, 2.24) is 0 Å². The average molecular weight is 360 g/mol. The van der Waals surface area contributed by atoms with Crippen LogP contribution in [0.1, 0.15) is 10.6 Å². The predicted molar refractivity (Wildman–Crippen MR) is 90.3 cm³/mol. The van der Waals surface area contributed by atoms with Crippen molar-refractivity contribution in [3.63, 3.8) is 0 Å². The summed E-state index contributed by atoms with van der Waals surface area (Å²) in [5.74, 6) is -0.983. The van der Waals surface area contributed by atoms with E-state index in [4.69, 9.17) is 4.42 Å². The molecule has 1 heterocycles. The third-order valence-electron chi connectivity index (χ3n) is 3.22. The molecule has 0 unspecified atom stereocenters. The molecule has 2 N–H and O–H groups in total. The van der Waals surface area contributed by atoms with Crippen molar-refractivity contribution in [2.75, 3.05) is 10.0 Å². The Labute approximate surface area is 143 Å². The van der Waals surface area contributed by atoms with Crippen LogP contribution in [0.3, 0.4) is 0 Å². The summed E-state index contributed by atoms with van der Waals surface area (Å²) >= 11 is 0. The lowest BCUT2D eigenvalue weighted by Crippen LogP contribution is -2.14. The lowest BCUT2D eigenvalue weighted by Gasteiger charge is -2.10.